The minimum atomic E-state index is -2.79. The summed E-state index contributed by atoms with van der Waals surface area (Å²) in [5, 5.41) is 0. The van der Waals surface area contributed by atoms with E-state index in [-0.39, 0.29) is 5.56 Å². The largest absolute Gasteiger partial charge is 0.324 e. The molecule has 1 nitrogen and oxygen atoms in total. The van der Waals surface area contributed by atoms with Crippen LogP contribution in [-0.2, 0) is 0 Å². The molecule has 72 valence electrons. The molecule has 0 aliphatic heterocycles. The molecule has 1 aromatic carbocycles. The van der Waals surface area contributed by atoms with Crippen molar-refractivity contribution >= 4 is 0 Å². The summed E-state index contributed by atoms with van der Waals surface area (Å²) in [4.78, 5) is 0. The van der Waals surface area contributed by atoms with E-state index in [2.05, 4.69) is 0 Å². The smallest absolute Gasteiger partial charge is 0.266 e. The van der Waals surface area contributed by atoms with Crippen LogP contribution in [-0.4, -0.2) is 0 Å². The highest BCUT2D eigenvalue weighted by molar-refractivity contribution is 5.28. The molecular weight excluding hydrogens is 179 g/mol. The minimum absolute atomic E-state index is 0.123. The summed E-state index contributed by atoms with van der Waals surface area (Å²) in [7, 11) is 0. The molecule has 0 saturated heterocycles. The van der Waals surface area contributed by atoms with Crippen LogP contribution >= 0.6 is 0 Å². The van der Waals surface area contributed by atoms with Gasteiger partial charge in [-0.1, -0.05) is 18.2 Å². The van der Waals surface area contributed by atoms with Crippen LogP contribution < -0.4 is 5.73 Å². The molecule has 1 atom stereocenters. The number of hydrogen-bond acceptors (Lipinski definition) is 1. The van der Waals surface area contributed by atoms with Crippen molar-refractivity contribution in [1.82, 2.24) is 0 Å². The lowest BCUT2D eigenvalue weighted by molar-refractivity contribution is 0.146. The van der Waals surface area contributed by atoms with Crippen molar-refractivity contribution in [1.29, 1.82) is 0 Å². The molecule has 0 heterocycles. The van der Waals surface area contributed by atoms with Crippen LogP contribution in [0.15, 0.2) is 18.2 Å². The highest BCUT2D eigenvalue weighted by Gasteiger charge is 2.17. The van der Waals surface area contributed by atoms with Gasteiger partial charge in [-0.25, -0.2) is 13.2 Å². The van der Waals surface area contributed by atoms with Crippen molar-refractivity contribution in [2.24, 2.45) is 5.73 Å². The number of hydrogen-bond donors (Lipinski definition) is 1. The molecule has 0 aliphatic rings. The van der Waals surface area contributed by atoms with E-state index < -0.39 is 23.8 Å². The first-order valence-electron chi connectivity index (χ1n) is 3.86. The number of rotatable bonds is 2. The topological polar surface area (TPSA) is 26.0 Å². The van der Waals surface area contributed by atoms with Gasteiger partial charge < -0.3 is 5.73 Å². The molecule has 0 amide bonds. The molecular formula is C9H10F3N. The summed E-state index contributed by atoms with van der Waals surface area (Å²) in [6.07, 6.45) is -2.79. The third-order valence-corrected chi connectivity index (χ3v) is 1.78. The Labute approximate surface area is 74.4 Å². The average molecular weight is 189 g/mol. The average Bonchev–Trinajstić information content (AvgIpc) is 2.03. The second-order valence-corrected chi connectivity index (χ2v) is 2.84. The van der Waals surface area contributed by atoms with Gasteiger partial charge in [0.25, 0.3) is 6.43 Å². The number of alkyl halides is 2. The Morgan fingerprint density at radius 2 is 1.77 bits per heavy atom. The van der Waals surface area contributed by atoms with Crippen LogP contribution in [0.1, 0.15) is 30.5 Å². The van der Waals surface area contributed by atoms with Gasteiger partial charge in [-0.2, -0.15) is 0 Å². The molecule has 1 aromatic rings. The summed E-state index contributed by atoms with van der Waals surface area (Å²) in [6.45, 7) is 1.55. The first-order valence-corrected chi connectivity index (χ1v) is 3.86. The predicted octanol–water partition coefficient (Wildman–Crippen LogP) is 2.78. The fraction of sp³-hybridized carbons (Fsp3) is 0.333. The predicted molar refractivity (Wildman–Crippen MR) is 44.0 cm³/mol. The standard InChI is InChI=1S/C9H10F3N/c1-5(13)6-3-2-4-7(8(6)10)9(11)12/h2-5,9H,13H2,1H3/t5-/m0/s1. The molecule has 0 aromatic heterocycles. The number of halogens is 3. The number of nitrogens with two attached hydrogens (primary N) is 1. The number of benzene rings is 1. The fourth-order valence-electron chi connectivity index (χ4n) is 1.09. The van der Waals surface area contributed by atoms with Gasteiger partial charge in [-0.3, -0.25) is 0 Å². The van der Waals surface area contributed by atoms with E-state index in [1.165, 1.54) is 12.1 Å². The van der Waals surface area contributed by atoms with Crippen molar-refractivity contribution in [2.45, 2.75) is 19.4 Å². The summed E-state index contributed by atoms with van der Waals surface area (Å²) < 4.78 is 37.6. The summed E-state index contributed by atoms with van der Waals surface area (Å²) in [5.74, 6) is -0.896. The van der Waals surface area contributed by atoms with E-state index in [4.69, 9.17) is 5.73 Å². The van der Waals surface area contributed by atoms with E-state index in [1.54, 1.807) is 6.92 Å². The second-order valence-electron chi connectivity index (χ2n) is 2.84. The molecule has 0 radical (unpaired) electrons. The summed E-state index contributed by atoms with van der Waals surface area (Å²) >= 11 is 0. The zero-order valence-electron chi connectivity index (χ0n) is 7.10. The normalized spacial score (nSPS) is 13.4. The van der Waals surface area contributed by atoms with E-state index in [1.807, 2.05) is 0 Å². The summed E-state index contributed by atoms with van der Waals surface area (Å²) in [6, 6.07) is 3.28. The van der Waals surface area contributed by atoms with Crippen molar-refractivity contribution in [3.63, 3.8) is 0 Å². The lowest BCUT2D eigenvalue weighted by Gasteiger charge is -2.09. The van der Waals surface area contributed by atoms with Gasteiger partial charge in [-0.15, -0.1) is 0 Å². The van der Waals surface area contributed by atoms with E-state index in [0.29, 0.717) is 0 Å². The first kappa shape index (κ1) is 10.1. The van der Waals surface area contributed by atoms with Crippen molar-refractivity contribution in [3.05, 3.63) is 35.1 Å². The molecule has 13 heavy (non-hydrogen) atoms. The fourth-order valence-corrected chi connectivity index (χ4v) is 1.09. The maximum Gasteiger partial charge on any atom is 0.266 e. The van der Waals surface area contributed by atoms with Gasteiger partial charge in [0.05, 0.1) is 5.56 Å². The van der Waals surface area contributed by atoms with Crippen molar-refractivity contribution < 1.29 is 13.2 Å². The Kier molecular flexibility index (Phi) is 2.93. The van der Waals surface area contributed by atoms with Gasteiger partial charge >= 0.3 is 0 Å². The van der Waals surface area contributed by atoms with Gasteiger partial charge in [0.15, 0.2) is 0 Å². The maximum absolute atomic E-state index is 13.2. The van der Waals surface area contributed by atoms with Crippen LogP contribution in [0.5, 0.6) is 0 Å². The van der Waals surface area contributed by atoms with Gasteiger partial charge in [0.1, 0.15) is 5.82 Å². The SMILES string of the molecule is C[C@H](N)c1cccc(C(F)F)c1F. The second kappa shape index (κ2) is 3.79. The molecule has 4 heteroatoms. The third kappa shape index (κ3) is 2.01. The monoisotopic (exact) mass is 189 g/mol. The van der Waals surface area contributed by atoms with Crippen LogP contribution in [0, 0.1) is 5.82 Å². The van der Waals surface area contributed by atoms with Crippen molar-refractivity contribution in [2.75, 3.05) is 0 Å². The van der Waals surface area contributed by atoms with Crippen LogP contribution in [0.3, 0.4) is 0 Å². The molecule has 0 aliphatic carbocycles. The van der Waals surface area contributed by atoms with Crippen LogP contribution in [0.4, 0.5) is 13.2 Å². The lowest BCUT2D eigenvalue weighted by Crippen LogP contribution is -2.09. The van der Waals surface area contributed by atoms with E-state index in [0.717, 1.165) is 6.07 Å². The maximum atomic E-state index is 13.2. The minimum Gasteiger partial charge on any atom is -0.324 e. The summed E-state index contributed by atoms with van der Waals surface area (Å²) in [5.41, 5.74) is 4.93. The molecule has 0 saturated carbocycles. The van der Waals surface area contributed by atoms with E-state index >= 15 is 0 Å². The van der Waals surface area contributed by atoms with Gasteiger partial charge in [0, 0.05) is 11.6 Å². The van der Waals surface area contributed by atoms with Crippen LogP contribution in [0.25, 0.3) is 0 Å². The third-order valence-electron chi connectivity index (χ3n) is 1.78. The molecule has 1 rings (SSSR count). The Bertz CT molecular complexity index is 271. The zero-order chi connectivity index (χ0) is 10.0. The molecule has 0 spiro atoms. The Hall–Kier alpha value is -1.03. The van der Waals surface area contributed by atoms with E-state index in [9.17, 15) is 13.2 Å². The Morgan fingerprint density at radius 1 is 1.23 bits per heavy atom. The quantitative estimate of drug-likeness (QED) is 0.760. The Balaban J connectivity index is 3.18. The van der Waals surface area contributed by atoms with Crippen molar-refractivity contribution in [3.8, 4) is 0 Å². The lowest BCUT2D eigenvalue weighted by atomic mass is 10.0. The van der Waals surface area contributed by atoms with Gasteiger partial charge in [0.2, 0.25) is 0 Å². The Morgan fingerprint density at radius 3 is 2.23 bits per heavy atom. The molecule has 0 unspecified atom stereocenters. The highest BCUT2D eigenvalue weighted by atomic mass is 19.3. The van der Waals surface area contributed by atoms with Gasteiger partial charge in [-0.05, 0) is 6.92 Å². The molecule has 2 N–H and O–H groups in total. The molecule has 0 bridgehead atoms. The van der Waals surface area contributed by atoms with Crippen LogP contribution in [0.2, 0.25) is 0 Å². The molecule has 0 fully saturated rings. The zero-order valence-corrected chi connectivity index (χ0v) is 7.10. The first-order chi connectivity index (χ1) is 6.04. The highest BCUT2D eigenvalue weighted by Crippen LogP contribution is 2.26.